The Morgan fingerprint density at radius 1 is 1.00 bits per heavy atom. The second-order valence-corrected chi connectivity index (χ2v) is 9.42. The first kappa shape index (κ1) is 22.0. The lowest BCUT2D eigenvalue weighted by Gasteiger charge is -2.25. The van der Waals surface area contributed by atoms with Gasteiger partial charge in [-0.25, -0.2) is 17.2 Å². The van der Waals surface area contributed by atoms with Crippen LogP contribution in [-0.4, -0.2) is 31.8 Å². The highest BCUT2D eigenvalue weighted by Gasteiger charge is 2.30. The molecule has 3 aromatic rings. The average Bonchev–Trinajstić information content (AvgIpc) is 3.23. The van der Waals surface area contributed by atoms with E-state index in [1.165, 1.54) is 48.5 Å². The fourth-order valence-corrected chi connectivity index (χ4v) is 5.07. The summed E-state index contributed by atoms with van der Waals surface area (Å²) in [6.07, 6.45) is 2.13. The number of rotatable bonds is 6. The maximum absolute atomic E-state index is 13.9. The van der Waals surface area contributed by atoms with Crippen LogP contribution in [-0.2, 0) is 16.4 Å². The number of hydrogen-bond donors (Lipinski definition) is 1. The molecule has 0 bridgehead atoms. The predicted octanol–water partition coefficient (Wildman–Crippen LogP) is 4.61. The van der Waals surface area contributed by atoms with Gasteiger partial charge in [-0.15, -0.1) is 0 Å². The first-order chi connectivity index (χ1) is 15.3. The number of carbonyl (C=O) groups excluding carboxylic acids is 1. The van der Waals surface area contributed by atoms with Gasteiger partial charge in [0, 0.05) is 18.2 Å². The molecule has 8 heteroatoms. The molecule has 1 aliphatic rings. The maximum Gasteiger partial charge on any atom is 0.262 e. The molecule has 1 fully saturated rings. The Balaban J connectivity index is 1.54. The highest BCUT2D eigenvalue weighted by Crippen LogP contribution is 2.25. The number of nitrogens with zero attached hydrogens (tertiary/aromatic N) is 1. The van der Waals surface area contributed by atoms with Crippen LogP contribution >= 0.6 is 0 Å². The van der Waals surface area contributed by atoms with Gasteiger partial charge >= 0.3 is 0 Å². The second kappa shape index (κ2) is 9.08. The van der Waals surface area contributed by atoms with Crippen molar-refractivity contribution in [3.63, 3.8) is 0 Å². The van der Waals surface area contributed by atoms with Crippen molar-refractivity contribution in [3.8, 4) is 0 Å². The third kappa shape index (κ3) is 4.80. The number of carbonyl (C=O) groups is 1. The Hall–Kier alpha value is -3.26. The summed E-state index contributed by atoms with van der Waals surface area (Å²) in [5.41, 5.74) is 0.867. The fraction of sp³-hybridized carbons (Fsp3) is 0.208. The van der Waals surface area contributed by atoms with Crippen molar-refractivity contribution in [3.05, 3.63) is 95.6 Å². The molecule has 0 saturated carbocycles. The van der Waals surface area contributed by atoms with Crippen LogP contribution in [0.1, 0.15) is 28.8 Å². The summed E-state index contributed by atoms with van der Waals surface area (Å²) in [5.74, 6) is -1.30. The third-order valence-corrected chi connectivity index (χ3v) is 6.87. The highest BCUT2D eigenvalue weighted by molar-refractivity contribution is 7.92. The van der Waals surface area contributed by atoms with Crippen LogP contribution in [0.25, 0.3) is 0 Å². The molecule has 4 rings (SSSR count). The van der Waals surface area contributed by atoms with Crippen molar-refractivity contribution in [2.24, 2.45) is 0 Å². The first-order valence-corrected chi connectivity index (χ1v) is 11.7. The second-order valence-electron chi connectivity index (χ2n) is 7.74. The van der Waals surface area contributed by atoms with Crippen molar-refractivity contribution < 1.29 is 22.0 Å². The summed E-state index contributed by atoms with van der Waals surface area (Å²) in [6.45, 7) is 0.545. The van der Waals surface area contributed by atoms with E-state index in [0.717, 1.165) is 24.5 Å². The van der Waals surface area contributed by atoms with Crippen molar-refractivity contribution in [1.82, 2.24) is 4.90 Å². The van der Waals surface area contributed by atoms with Crippen LogP contribution < -0.4 is 4.72 Å². The number of sulfonamides is 1. The van der Waals surface area contributed by atoms with E-state index in [1.54, 1.807) is 17.0 Å². The SMILES string of the molecule is O=C(c1cccc(S(=O)(=O)Nc2ccccc2F)c1)N1CCCC1Cc1cccc(F)c1. The summed E-state index contributed by atoms with van der Waals surface area (Å²) in [5, 5.41) is 0. The van der Waals surface area contributed by atoms with Gasteiger partial charge < -0.3 is 4.90 Å². The van der Waals surface area contributed by atoms with Gasteiger partial charge in [0.15, 0.2) is 0 Å². The average molecular weight is 457 g/mol. The van der Waals surface area contributed by atoms with Gasteiger partial charge in [0.2, 0.25) is 0 Å². The lowest BCUT2D eigenvalue weighted by Crippen LogP contribution is -2.36. The van der Waals surface area contributed by atoms with Gasteiger partial charge in [-0.3, -0.25) is 9.52 Å². The number of nitrogens with one attached hydrogen (secondary N) is 1. The molecule has 1 aliphatic heterocycles. The highest BCUT2D eigenvalue weighted by atomic mass is 32.2. The zero-order chi connectivity index (χ0) is 22.7. The fourth-order valence-electron chi connectivity index (χ4n) is 3.96. The Labute approximate surface area is 185 Å². The summed E-state index contributed by atoms with van der Waals surface area (Å²) < 4.78 is 55.1. The Bertz CT molecular complexity index is 1250. The van der Waals surface area contributed by atoms with Gasteiger partial charge in [-0.05, 0) is 67.3 Å². The summed E-state index contributed by atoms with van der Waals surface area (Å²) >= 11 is 0. The zero-order valence-corrected chi connectivity index (χ0v) is 18.0. The van der Waals surface area contributed by atoms with E-state index in [9.17, 15) is 22.0 Å². The molecular weight excluding hydrogens is 434 g/mol. The van der Waals surface area contributed by atoms with E-state index in [2.05, 4.69) is 4.72 Å². The molecule has 32 heavy (non-hydrogen) atoms. The summed E-state index contributed by atoms with van der Waals surface area (Å²) in [7, 11) is -4.08. The maximum atomic E-state index is 13.9. The normalized spacial score (nSPS) is 16.2. The van der Waals surface area contributed by atoms with Crippen LogP contribution in [0.4, 0.5) is 14.5 Å². The van der Waals surface area contributed by atoms with Gasteiger partial charge in [0.25, 0.3) is 15.9 Å². The number of anilines is 1. The first-order valence-electron chi connectivity index (χ1n) is 10.3. The number of amides is 1. The van der Waals surface area contributed by atoms with Crippen molar-refractivity contribution in [1.29, 1.82) is 0 Å². The topological polar surface area (TPSA) is 66.5 Å². The van der Waals surface area contributed by atoms with Crippen LogP contribution in [0.15, 0.2) is 77.7 Å². The van der Waals surface area contributed by atoms with Crippen LogP contribution in [0.2, 0.25) is 0 Å². The minimum atomic E-state index is -4.08. The standard InChI is InChI=1S/C24H22F2N2O3S/c25-19-8-3-6-17(14-19)15-20-9-5-13-28(20)24(29)18-7-4-10-21(16-18)32(30,31)27-23-12-2-1-11-22(23)26/h1-4,6-8,10-12,14,16,20,27H,5,9,13,15H2. The number of likely N-dealkylation sites (tertiary alicyclic amines) is 1. The van der Waals surface area contributed by atoms with Crippen molar-refractivity contribution in [2.75, 3.05) is 11.3 Å². The molecule has 0 radical (unpaired) electrons. The molecule has 1 unspecified atom stereocenters. The molecule has 0 aromatic heterocycles. The molecule has 1 atom stereocenters. The van der Waals surface area contributed by atoms with E-state index in [4.69, 9.17) is 0 Å². The quantitative estimate of drug-likeness (QED) is 0.589. The molecule has 0 aliphatic carbocycles. The molecule has 1 N–H and O–H groups in total. The Kier molecular flexibility index (Phi) is 6.23. The minimum Gasteiger partial charge on any atom is -0.335 e. The Morgan fingerprint density at radius 3 is 2.56 bits per heavy atom. The third-order valence-electron chi connectivity index (χ3n) is 5.51. The number of para-hydroxylation sites is 1. The Morgan fingerprint density at radius 2 is 1.78 bits per heavy atom. The number of halogens is 2. The number of benzene rings is 3. The number of hydrogen-bond acceptors (Lipinski definition) is 3. The van der Waals surface area contributed by atoms with E-state index in [-0.39, 0.29) is 33.9 Å². The molecular formula is C24H22F2N2O3S. The van der Waals surface area contributed by atoms with E-state index in [1.807, 2.05) is 6.07 Å². The van der Waals surface area contributed by atoms with Crippen LogP contribution in [0.3, 0.4) is 0 Å². The van der Waals surface area contributed by atoms with E-state index < -0.39 is 15.8 Å². The lowest BCUT2D eigenvalue weighted by molar-refractivity contribution is 0.0736. The van der Waals surface area contributed by atoms with Gasteiger partial charge in [-0.1, -0.05) is 30.3 Å². The molecule has 5 nitrogen and oxygen atoms in total. The molecule has 3 aromatic carbocycles. The lowest BCUT2D eigenvalue weighted by atomic mass is 10.0. The minimum absolute atomic E-state index is 0.0962. The van der Waals surface area contributed by atoms with Gasteiger partial charge in [0.05, 0.1) is 10.6 Å². The van der Waals surface area contributed by atoms with Gasteiger partial charge in [-0.2, -0.15) is 0 Å². The molecule has 0 spiro atoms. The largest absolute Gasteiger partial charge is 0.335 e. The van der Waals surface area contributed by atoms with Crippen molar-refractivity contribution >= 4 is 21.6 Å². The van der Waals surface area contributed by atoms with Gasteiger partial charge in [0.1, 0.15) is 11.6 Å². The predicted molar refractivity (Wildman–Crippen MR) is 118 cm³/mol. The molecule has 1 saturated heterocycles. The van der Waals surface area contributed by atoms with E-state index >= 15 is 0 Å². The van der Waals surface area contributed by atoms with Crippen molar-refractivity contribution in [2.45, 2.75) is 30.2 Å². The van der Waals surface area contributed by atoms with Crippen LogP contribution in [0, 0.1) is 11.6 Å². The summed E-state index contributed by atoms with van der Waals surface area (Å²) in [6, 6.07) is 17.4. The summed E-state index contributed by atoms with van der Waals surface area (Å²) in [4.78, 5) is 14.8. The van der Waals surface area contributed by atoms with E-state index in [0.29, 0.717) is 13.0 Å². The molecule has 166 valence electrons. The smallest absolute Gasteiger partial charge is 0.262 e. The van der Waals surface area contributed by atoms with Crippen LogP contribution in [0.5, 0.6) is 0 Å². The monoisotopic (exact) mass is 456 g/mol. The zero-order valence-electron chi connectivity index (χ0n) is 17.2. The molecule has 1 heterocycles. The molecule has 1 amide bonds.